The van der Waals surface area contributed by atoms with Crippen LogP contribution < -0.4 is 5.73 Å². The molecule has 0 bridgehead atoms. The summed E-state index contributed by atoms with van der Waals surface area (Å²) in [6, 6.07) is 0. The lowest BCUT2D eigenvalue weighted by atomic mass is 10.7. The fraction of sp³-hybridized carbons (Fsp3) is 0.600. The van der Waals surface area contributed by atoms with Gasteiger partial charge in [-0.15, -0.1) is 6.58 Å². The average Bonchev–Trinajstić information content (AvgIpc) is 1.69. The molecule has 0 fully saturated rings. The van der Waals surface area contributed by atoms with Gasteiger partial charge in [0.25, 0.3) is 0 Å². The van der Waals surface area contributed by atoms with Crippen LogP contribution in [0.25, 0.3) is 0 Å². The van der Waals surface area contributed by atoms with E-state index in [1.165, 1.54) is 0 Å². The molecular formula is C5H11NO. The SMILES string of the molecule is C=CCOCCN. The van der Waals surface area contributed by atoms with Crippen molar-refractivity contribution in [3.63, 3.8) is 0 Å². The number of nitrogens with two attached hydrogens (primary N) is 1. The van der Waals surface area contributed by atoms with Crippen molar-refractivity contribution in [1.82, 2.24) is 0 Å². The van der Waals surface area contributed by atoms with Crippen LogP contribution in [0, 0.1) is 0 Å². The van der Waals surface area contributed by atoms with Gasteiger partial charge in [0, 0.05) is 6.54 Å². The van der Waals surface area contributed by atoms with Crippen molar-refractivity contribution in [3.05, 3.63) is 12.7 Å². The van der Waals surface area contributed by atoms with E-state index in [2.05, 4.69) is 6.58 Å². The standard InChI is InChI=1S/C5H11NO/c1-2-4-7-5-3-6/h2H,1,3-6H2. The van der Waals surface area contributed by atoms with Gasteiger partial charge in [-0.3, -0.25) is 0 Å². The molecule has 0 heterocycles. The fourth-order valence-corrected chi connectivity index (χ4v) is 0.250. The lowest BCUT2D eigenvalue weighted by Crippen LogP contribution is -2.07. The summed E-state index contributed by atoms with van der Waals surface area (Å²) in [5.41, 5.74) is 5.11. The van der Waals surface area contributed by atoms with Crippen LogP contribution in [0.2, 0.25) is 0 Å². The highest BCUT2D eigenvalue weighted by Gasteiger charge is 1.74. The minimum Gasteiger partial charge on any atom is -0.376 e. The van der Waals surface area contributed by atoms with Gasteiger partial charge in [-0.1, -0.05) is 6.08 Å². The van der Waals surface area contributed by atoms with Crippen molar-refractivity contribution in [2.75, 3.05) is 19.8 Å². The molecule has 0 spiro atoms. The summed E-state index contributed by atoms with van der Waals surface area (Å²) in [6.45, 7) is 5.30. The summed E-state index contributed by atoms with van der Waals surface area (Å²) in [7, 11) is 0. The molecule has 0 saturated heterocycles. The number of hydrogen-bond acceptors (Lipinski definition) is 2. The van der Waals surface area contributed by atoms with Crippen LogP contribution in [0.5, 0.6) is 0 Å². The maximum Gasteiger partial charge on any atom is 0.0645 e. The number of ether oxygens (including phenoxy) is 1. The molecule has 2 N–H and O–H groups in total. The van der Waals surface area contributed by atoms with E-state index in [1.807, 2.05) is 0 Å². The molecule has 0 aromatic carbocycles. The molecule has 0 aliphatic heterocycles. The van der Waals surface area contributed by atoms with E-state index >= 15 is 0 Å². The first-order valence-corrected chi connectivity index (χ1v) is 2.30. The molecule has 42 valence electrons. The monoisotopic (exact) mass is 101 g/mol. The Morgan fingerprint density at radius 1 is 1.71 bits per heavy atom. The first-order chi connectivity index (χ1) is 3.41. The fourth-order valence-electron chi connectivity index (χ4n) is 0.250. The maximum absolute atomic E-state index is 5.11. The smallest absolute Gasteiger partial charge is 0.0645 e. The van der Waals surface area contributed by atoms with Crippen molar-refractivity contribution in [2.24, 2.45) is 5.73 Å². The third-order valence-corrected chi connectivity index (χ3v) is 0.498. The minimum atomic E-state index is 0.591. The van der Waals surface area contributed by atoms with Crippen molar-refractivity contribution in [3.8, 4) is 0 Å². The van der Waals surface area contributed by atoms with Crippen LogP contribution in [-0.2, 0) is 4.74 Å². The Morgan fingerprint density at radius 2 is 2.43 bits per heavy atom. The van der Waals surface area contributed by atoms with Crippen LogP contribution in [0.3, 0.4) is 0 Å². The van der Waals surface area contributed by atoms with E-state index < -0.39 is 0 Å². The van der Waals surface area contributed by atoms with Gasteiger partial charge in [0.2, 0.25) is 0 Å². The van der Waals surface area contributed by atoms with Crippen LogP contribution in [0.4, 0.5) is 0 Å². The van der Waals surface area contributed by atoms with Gasteiger partial charge in [-0.2, -0.15) is 0 Å². The van der Waals surface area contributed by atoms with Crippen LogP contribution in [-0.4, -0.2) is 19.8 Å². The molecular weight excluding hydrogens is 90.1 g/mol. The number of hydrogen-bond donors (Lipinski definition) is 1. The quantitative estimate of drug-likeness (QED) is 0.404. The average molecular weight is 101 g/mol. The molecule has 0 unspecified atom stereocenters. The Labute approximate surface area is 44.0 Å². The highest BCUT2D eigenvalue weighted by Crippen LogP contribution is 1.69. The zero-order valence-corrected chi connectivity index (χ0v) is 4.39. The predicted octanol–water partition coefficient (Wildman–Crippen LogP) is 0.148. The lowest BCUT2D eigenvalue weighted by molar-refractivity contribution is 0.171. The largest absolute Gasteiger partial charge is 0.376 e. The van der Waals surface area contributed by atoms with E-state index in [1.54, 1.807) is 6.08 Å². The summed E-state index contributed by atoms with van der Waals surface area (Å²) >= 11 is 0. The van der Waals surface area contributed by atoms with E-state index in [9.17, 15) is 0 Å². The first-order valence-electron chi connectivity index (χ1n) is 2.30. The van der Waals surface area contributed by atoms with Crippen molar-refractivity contribution < 1.29 is 4.74 Å². The zero-order valence-electron chi connectivity index (χ0n) is 4.39. The predicted molar refractivity (Wildman–Crippen MR) is 30.1 cm³/mol. The second kappa shape index (κ2) is 5.66. The molecule has 0 aliphatic carbocycles. The summed E-state index contributed by atoms with van der Waals surface area (Å²) < 4.78 is 4.89. The molecule has 0 radical (unpaired) electrons. The Hall–Kier alpha value is -0.340. The van der Waals surface area contributed by atoms with E-state index in [0.717, 1.165) is 0 Å². The van der Waals surface area contributed by atoms with Crippen LogP contribution in [0.1, 0.15) is 0 Å². The van der Waals surface area contributed by atoms with Crippen LogP contribution >= 0.6 is 0 Å². The molecule has 0 atom stereocenters. The molecule has 0 aromatic rings. The highest BCUT2D eigenvalue weighted by molar-refractivity contribution is 4.63. The molecule has 7 heavy (non-hydrogen) atoms. The topological polar surface area (TPSA) is 35.2 Å². The second-order valence-corrected chi connectivity index (χ2v) is 1.15. The van der Waals surface area contributed by atoms with Crippen LogP contribution in [0.15, 0.2) is 12.7 Å². The zero-order chi connectivity index (χ0) is 5.54. The first kappa shape index (κ1) is 6.66. The van der Waals surface area contributed by atoms with Gasteiger partial charge in [-0.05, 0) is 0 Å². The molecule has 0 aromatic heterocycles. The third kappa shape index (κ3) is 5.66. The molecule has 0 rings (SSSR count). The van der Waals surface area contributed by atoms with Gasteiger partial charge < -0.3 is 10.5 Å². The van der Waals surface area contributed by atoms with Gasteiger partial charge in [-0.25, -0.2) is 0 Å². The molecule has 2 heteroatoms. The lowest BCUT2D eigenvalue weighted by Gasteiger charge is -1.93. The Kier molecular flexibility index (Phi) is 5.39. The Morgan fingerprint density at radius 3 is 2.86 bits per heavy atom. The van der Waals surface area contributed by atoms with E-state index in [-0.39, 0.29) is 0 Å². The Bertz CT molecular complexity index is 45.3. The van der Waals surface area contributed by atoms with Gasteiger partial charge >= 0.3 is 0 Å². The van der Waals surface area contributed by atoms with Gasteiger partial charge in [0.1, 0.15) is 0 Å². The van der Waals surface area contributed by atoms with Crippen molar-refractivity contribution in [1.29, 1.82) is 0 Å². The molecule has 0 saturated carbocycles. The van der Waals surface area contributed by atoms with E-state index in [0.29, 0.717) is 19.8 Å². The van der Waals surface area contributed by atoms with Crippen molar-refractivity contribution >= 4 is 0 Å². The van der Waals surface area contributed by atoms with E-state index in [4.69, 9.17) is 10.5 Å². The Balaban J connectivity index is 2.56. The maximum atomic E-state index is 5.11. The normalized spacial score (nSPS) is 8.71. The minimum absolute atomic E-state index is 0.591. The molecule has 0 aliphatic rings. The summed E-state index contributed by atoms with van der Waals surface area (Å²) in [5, 5.41) is 0. The van der Waals surface area contributed by atoms with Gasteiger partial charge in [0.15, 0.2) is 0 Å². The summed E-state index contributed by atoms with van der Waals surface area (Å²) in [6.07, 6.45) is 1.70. The second-order valence-electron chi connectivity index (χ2n) is 1.15. The van der Waals surface area contributed by atoms with Gasteiger partial charge in [0.05, 0.1) is 13.2 Å². The number of rotatable bonds is 4. The molecule has 0 amide bonds. The highest BCUT2D eigenvalue weighted by atomic mass is 16.5. The summed E-state index contributed by atoms with van der Waals surface area (Å²) in [5.74, 6) is 0. The summed E-state index contributed by atoms with van der Waals surface area (Å²) in [4.78, 5) is 0. The van der Waals surface area contributed by atoms with Crippen molar-refractivity contribution in [2.45, 2.75) is 0 Å². The third-order valence-electron chi connectivity index (χ3n) is 0.498. The molecule has 2 nitrogen and oxygen atoms in total.